The van der Waals surface area contributed by atoms with E-state index in [1.807, 2.05) is 30.3 Å². The number of amides is 1. The Kier molecular flexibility index (Phi) is 6.26. The Morgan fingerprint density at radius 3 is 2.56 bits per heavy atom. The molecule has 1 heterocycles. The average molecular weight is 369 g/mol. The predicted molar refractivity (Wildman–Crippen MR) is 99.3 cm³/mol. The highest BCUT2D eigenvalue weighted by Crippen LogP contribution is 2.23. The largest absolute Gasteiger partial charge is 0.635 e. The number of nitrogens with one attached hydrogen (secondary N) is 1. The number of carbonyl (C=O) groups excluding carboxylic acids is 1. The number of rotatable bonds is 8. The van der Waals surface area contributed by atoms with Gasteiger partial charge < -0.3 is 29.2 Å². The van der Waals surface area contributed by atoms with Crippen molar-refractivity contribution in [1.29, 1.82) is 0 Å². The third kappa shape index (κ3) is 4.75. The summed E-state index contributed by atoms with van der Waals surface area (Å²) >= 11 is 0. The van der Waals surface area contributed by atoms with Gasteiger partial charge in [0.1, 0.15) is 11.8 Å². The van der Waals surface area contributed by atoms with E-state index in [0.29, 0.717) is 11.1 Å². The molecular formula is C19H20BNO6. The minimum atomic E-state index is -2.04. The lowest BCUT2D eigenvalue weighted by atomic mass is 10.1. The maximum Gasteiger partial charge on any atom is 0.635 e. The molecule has 1 aromatic heterocycles. The molecule has 3 N–H and O–H groups in total. The van der Waals surface area contributed by atoms with Gasteiger partial charge >= 0.3 is 7.32 Å². The van der Waals surface area contributed by atoms with E-state index in [1.54, 1.807) is 30.5 Å². The van der Waals surface area contributed by atoms with E-state index in [-0.39, 0.29) is 6.42 Å². The Morgan fingerprint density at radius 2 is 1.85 bits per heavy atom. The van der Waals surface area contributed by atoms with E-state index in [1.165, 1.54) is 7.11 Å². The Bertz CT molecular complexity index is 882. The molecule has 27 heavy (non-hydrogen) atoms. The molecule has 8 heteroatoms. The van der Waals surface area contributed by atoms with Crippen LogP contribution in [0.2, 0.25) is 0 Å². The van der Waals surface area contributed by atoms with Gasteiger partial charge in [-0.1, -0.05) is 48.5 Å². The van der Waals surface area contributed by atoms with Gasteiger partial charge in [0.05, 0.1) is 6.26 Å². The van der Waals surface area contributed by atoms with Crippen molar-refractivity contribution in [2.75, 3.05) is 7.11 Å². The lowest BCUT2D eigenvalue weighted by Gasteiger charge is -2.22. The van der Waals surface area contributed by atoms with Gasteiger partial charge in [-0.2, -0.15) is 0 Å². The normalized spacial score (nSPS) is 13.3. The predicted octanol–water partition coefficient (Wildman–Crippen LogP) is 1.79. The quantitative estimate of drug-likeness (QED) is 0.414. The first-order chi connectivity index (χ1) is 13.1. The van der Waals surface area contributed by atoms with Crippen LogP contribution in [0.4, 0.5) is 0 Å². The van der Waals surface area contributed by atoms with Crippen molar-refractivity contribution >= 4 is 24.2 Å². The average Bonchev–Trinajstić information content (AvgIpc) is 3.06. The molecule has 2 aromatic carbocycles. The fourth-order valence-corrected chi connectivity index (χ4v) is 2.93. The Morgan fingerprint density at radius 1 is 1.15 bits per heavy atom. The van der Waals surface area contributed by atoms with Gasteiger partial charge in [-0.15, -0.1) is 0 Å². The molecule has 0 spiro atoms. The molecule has 1 amide bonds. The number of methoxy groups -OCH3 is 1. The minimum absolute atomic E-state index is 0.186. The second kappa shape index (κ2) is 8.83. The summed E-state index contributed by atoms with van der Waals surface area (Å²) in [6.07, 6.45) is -0.0952. The van der Waals surface area contributed by atoms with E-state index in [4.69, 9.17) is 13.8 Å². The number of para-hydroxylation sites is 1. The number of hydrogen-bond donors (Lipinski definition) is 3. The molecule has 0 bridgehead atoms. The highest BCUT2D eigenvalue weighted by Gasteiger charge is 2.26. The van der Waals surface area contributed by atoms with Crippen LogP contribution in [0.15, 0.2) is 65.3 Å². The molecule has 140 valence electrons. The number of carbonyl (C=O) groups is 1. The summed E-state index contributed by atoms with van der Waals surface area (Å²) in [5, 5.41) is 21.9. The molecule has 2 atom stereocenters. The SMILES string of the molecule is CO[C@@H](C(=O)N[C@@H](Cc1coc2ccccc12)OB(O)O)c1ccccc1. The maximum atomic E-state index is 12.7. The van der Waals surface area contributed by atoms with Crippen molar-refractivity contribution in [2.24, 2.45) is 0 Å². The van der Waals surface area contributed by atoms with Crippen LogP contribution in [0.3, 0.4) is 0 Å². The van der Waals surface area contributed by atoms with Crippen LogP contribution >= 0.6 is 0 Å². The molecule has 0 radical (unpaired) electrons. The standard InChI is InChI=1S/C19H20BNO6/c1-25-18(13-7-3-2-4-8-13)19(22)21-17(27-20(23)24)11-14-12-26-16-10-6-5-9-15(14)16/h2-10,12,17-18,23-24H,11H2,1H3,(H,21,22)/t17-,18-/m1/s1. The molecule has 3 rings (SSSR count). The van der Waals surface area contributed by atoms with Crippen LogP contribution in [0.5, 0.6) is 0 Å². The van der Waals surface area contributed by atoms with Crippen molar-refractivity contribution < 1.29 is 28.7 Å². The van der Waals surface area contributed by atoms with Crippen LogP contribution in [-0.4, -0.2) is 36.6 Å². The Labute approximate surface area is 156 Å². The number of ether oxygens (including phenoxy) is 1. The van der Waals surface area contributed by atoms with E-state index in [0.717, 1.165) is 10.9 Å². The summed E-state index contributed by atoms with van der Waals surface area (Å²) in [7, 11) is -0.608. The molecule has 0 aliphatic carbocycles. The monoisotopic (exact) mass is 369 g/mol. The molecule has 0 unspecified atom stereocenters. The first-order valence-corrected chi connectivity index (χ1v) is 8.43. The van der Waals surface area contributed by atoms with E-state index in [2.05, 4.69) is 5.32 Å². The number of benzene rings is 2. The molecule has 0 aliphatic rings. The third-order valence-corrected chi connectivity index (χ3v) is 4.13. The van der Waals surface area contributed by atoms with Gasteiger partial charge in [-0.05, 0) is 11.6 Å². The summed E-state index contributed by atoms with van der Waals surface area (Å²) in [5.74, 6) is -0.456. The molecular weight excluding hydrogens is 349 g/mol. The van der Waals surface area contributed by atoms with Gasteiger partial charge in [0.2, 0.25) is 0 Å². The summed E-state index contributed by atoms with van der Waals surface area (Å²) in [6, 6.07) is 16.4. The first-order valence-electron chi connectivity index (χ1n) is 8.43. The Hall–Kier alpha value is -2.65. The molecule has 0 fully saturated rings. The lowest BCUT2D eigenvalue weighted by Crippen LogP contribution is -2.44. The van der Waals surface area contributed by atoms with Crippen LogP contribution in [-0.2, 0) is 20.6 Å². The van der Waals surface area contributed by atoms with Crippen LogP contribution in [0.1, 0.15) is 17.2 Å². The fourth-order valence-electron chi connectivity index (χ4n) is 2.93. The molecule has 0 saturated carbocycles. The zero-order valence-corrected chi connectivity index (χ0v) is 14.7. The zero-order valence-electron chi connectivity index (χ0n) is 14.7. The number of fused-ring (bicyclic) bond motifs is 1. The summed E-state index contributed by atoms with van der Waals surface area (Å²) in [6.45, 7) is 0. The van der Waals surface area contributed by atoms with Crippen LogP contribution in [0.25, 0.3) is 11.0 Å². The molecule has 7 nitrogen and oxygen atoms in total. The lowest BCUT2D eigenvalue weighted by molar-refractivity contribution is -0.134. The van der Waals surface area contributed by atoms with Crippen molar-refractivity contribution in [2.45, 2.75) is 18.8 Å². The van der Waals surface area contributed by atoms with Crippen LogP contribution < -0.4 is 5.32 Å². The van der Waals surface area contributed by atoms with Crippen molar-refractivity contribution in [1.82, 2.24) is 5.32 Å². The smallest absolute Gasteiger partial charge is 0.464 e. The van der Waals surface area contributed by atoms with Crippen LogP contribution in [0, 0.1) is 0 Å². The van der Waals surface area contributed by atoms with Gasteiger partial charge in [-0.25, -0.2) is 0 Å². The topological polar surface area (TPSA) is 101 Å². The van der Waals surface area contributed by atoms with Crippen molar-refractivity contribution in [3.8, 4) is 0 Å². The summed E-state index contributed by atoms with van der Waals surface area (Å²) < 4.78 is 15.8. The van der Waals surface area contributed by atoms with Gasteiger partial charge in [0, 0.05) is 24.5 Å². The van der Waals surface area contributed by atoms with E-state index in [9.17, 15) is 14.8 Å². The second-order valence-corrected chi connectivity index (χ2v) is 5.95. The maximum absolute atomic E-state index is 12.7. The Balaban J connectivity index is 1.77. The fraction of sp³-hybridized carbons (Fsp3) is 0.211. The molecule has 3 aromatic rings. The highest BCUT2D eigenvalue weighted by atomic mass is 16.6. The highest BCUT2D eigenvalue weighted by molar-refractivity contribution is 6.32. The summed E-state index contributed by atoms with van der Waals surface area (Å²) in [5.41, 5.74) is 2.14. The van der Waals surface area contributed by atoms with E-state index < -0.39 is 25.6 Å². The van der Waals surface area contributed by atoms with Crippen molar-refractivity contribution in [3.05, 3.63) is 72.0 Å². The van der Waals surface area contributed by atoms with Gasteiger partial charge in [0.15, 0.2) is 6.10 Å². The first kappa shape index (κ1) is 19.1. The van der Waals surface area contributed by atoms with E-state index >= 15 is 0 Å². The second-order valence-electron chi connectivity index (χ2n) is 5.95. The van der Waals surface area contributed by atoms with Gasteiger partial charge in [-0.3, -0.25) is 4.79 Å². The zero-order chi connectivity index (χ0) is 19.2. The number of furan rings is 1. The molecule has 0 saturated heterocycles. The summed E-state index contributed by atoms with van der Waals surface area (Å²) in [4.78, 5) is 12.7. The minimum Gasteiger partial charge on any atom is -0.464 e. The third-order valence-electron chi connectivity index (χ3n) is 4.13. The van der Waals surface area contributed by atoms with Gasteiger partial charge in [0.25, 0.3) is 5.91 Å². The number of hydrogen-bond acceptors (Lipinski definition) is 6. The van der Waals surface area contributed by atoms with Crippen molar-refractivity contribution in [3.63, 3.8) is 0 Å². The molecule has 0 aliphatic heterocycles.